The zero-order chi connectivity index (χ0) is 10.8. The number of hydrogen-bond acceptors (Lipinski definition) is 4. The molecule has 2 N–H and O–H groups in total. The van der Waals surface area contributed by atoms with E-state index in [1.807, 2.05) is 0 Å². The number of carbonyl (C=O) groups is 2. The molecule has 3 unspecified atom stereocenters. The van der Waals surface area contributed by atoms with Crippen molar-refractivity contribution in [3.8, 4) is 0 Å². The van der Waals surface area contributed by atoms with Crippen LogP contribution in [-0.2, 0) is 14.3 Å². The van der Waals surface area contributed by atoms with E-state index < -0.39 is 5.97 Å². The summed E-state index contributed by atoms with van der Waals surface area (Å²) in [5.74, 6) is -0.0354. The van der Waals surface area contributed by atoms with Crippen LogP contribution in [0.2, 0.25) is 0 Å². The normalized spacial score (nSPS) is 32.7. The summed E-state index contributed by atoms with van der Waals surface area (Å²) in [6.07, 6.45) is 3.38. The average Bonchev–Trinajstić information content (AvgIpc) is 2.86. The summed E-state index contributed by atoms with van der Waals surface area (Å²) in [4.78, 5) is 22.5. The molecule has 2 rings (SSSR count). The summed E-state index contributed by atoms with van der Waals surface area (Å²) >= 11 is 0. The first kappa shape index (κ1) is 10.4. The fourth-order valence-electron chi connectivity index (χ4n) is 2.49. The van der Waals surface area contributed by atoms with E-state index in [4.69, 9.17) is 0 Å². The maximum absolute atomic E-state index is 11.7. The van der Waals surface area contributed by atoms with Gasteiger partial charge in [-0.1, -0.05) is 0 Å². The molecule has 1 amide bonds. The number of fused-ring (bicyclic) bond motifs is 2. The highest BCUT2D eigenvalue weighted by molar-refractivity contribution is 5.86. The predicted molar refractivity (Wildman–Crippen MR) is 53.1 cm³/mol. The highest BCUT2D eigenvalue weighted by Crippen LogP contribution is 2.35. The molecule has 1 heterocycles. The van der Waals surface area contributed by atoms with Gasteiger partial charge in [-0.15, -0.1) is 0 Å². The summed E-state index contributed by atoms with van der Waals surface area (Å²) in [7, 11) is 1.31. The molecule has 3 atom stereocenters. The Hall–Kier alpha value is -1.10. The van der Waals surface area contributed by atoms with E-state index in [1.54, 1.807) is 0 Å². The quantitative estimate of drug-likeness (QED) is 0.614. The molecule has 15 heavy (non-hydrogen) atoms. The smallest absolute Gasteiger partial charge is 0.325 e. The molecular weight excluding hydrogens is 196 g/mol. The van der Waals surface area contributed by atoms with Crippen LogP contribution in [0.25, 0.3) is 0 Å². The minimum absolute atomic E-state index is 0.0368. The number of methoxy groups -OCH3 is 1. The second-order valence-electron chi connectivity index (χ2n) is 4.21. The Bertz CT molecular complexity index is 280. The second kappa shape index (κ2) is 4.18. The number of amides is 1. The number of ether oxygens (including phenoxy) is 1. The molecule has 1 aliphatic heterocycles. The molecule has 0 aromatic heterocycles. The van der Waals surface area contributed by atoms with E-state index >= 15 is 0 Å². The lowest BCUT2D eigenvalue weighted by atomic mass is 9.99. The second-order valence-corrected chi connectivity index (χ2v) is 4.21. The summed E-state index contributed by atoms with van der Waals surface area (Å²) in [6.45, 7) is -0.0368. The molecule has 2 bridgehead atoms. The van der Waals surface area contributed by atoms with E-state index in [1.165, 1.54) is 13.5 Å². The van der Waals surface area contributed by atoms with Crippen LogP contribution < -0.4 is 10.6 Å². The molecule has 2 aliphatic rings. The van der Waals surface area contributed by atoms with E-state index in [9.17, 15) is 9.59 Å². The SMILES string of the molecule is COC(=O)CNC(=O)C1NC2CCC1C2. The lowest BCUT2D eigenvalue weighted by Crippen LogP contribution is -2.48. The van der Waals surface area contributed by atoms with E-state index in [0.29, 0.717) is 12.0 Å². The lowest BCUT2D eigenvalue weighted by Gasteiger charge is -2.21. The molecule has 0 aromatic rings. The third kappa shape index (κ3) is 2.12. The third-order valence-corrected chi connectivity index (χ3v) is 3.28. The van der Waals surface area contributed by atoms with Crippen molar-refractivity contribution in [2.75, 3.05) is 13.7 Å². The van der Waals surface area contributed by atoms with Gasteiger partial charge in [-0.3, -0.25) is 9.59 Å². The van der Waals surface area contributed by atoms with Crippen LogP contribution in [0.3, 0.4) is 0 Å². The molecular formula is C10H16N2O3. The molecule has 1 saturated heterocycles. The Labute approximate surface area is 88.5 Å². The van der Waals surface area contributed by atoms with Gasteiger partial charge in [0.25, 0.3) is 0 Å². The van der Waals surface area contributed by atoms with Gasteiger partial charge in [0, 0.05) is 6.04 Å². The Morgan fingerprint density at radius 2 is 2.27 bits per heavy atom. The van der Waals surface area contributed by atoms with Crippen molar-refractivity contribution in [2.45, 2.75) is 31.3 Å². The van der Waals surface area contributed by atoms with Gasteiger partial charge in [0.1, 0.15) is 6.54 Å². The van der Waals surface area contributed by atoms with Crippen LogP contribution in [-0.4, -0.2) is 37.6 Å². The molecule has 84 valence electrons. The largest absolute Gasteiger partial charge is 0.468 e. The Morgan fingerprint density at radius 1 is 1.47 bits per heavy atom. The molecule has 1 saturated carbocycles. The van der Waals surface area contributed by atoms with E-state index in [0.717, 1.165) is 12.8 Å². The average molecular weight is 212 g/mol. The van der Waals surface area contributed by atoms with Crippen LogP contribution in [0.1, 0.15) is 19.3 Å². The van der Waals surface area contributed by atoms with Crippen LogP contribution in [0.5, 0.6) is 0 Å². The van der Waals surface area contributed by atoms with Gasteiger partial charge in [-0.05, 0) is 25.2 Å². The van der Waals surface area contributed by atoms with Gasteiger partial charge in [-0.2, -0.15) is 0 Å². The maximum atomic E-state index is 11.7. The molecule has 0 radical (unpaired) electrons. The van der Waals surface area contributed by atoms with Crippen LogP contribution >= 0.6 is 0 Å². The number of piperidine rings is 1. The fourth-order valence-corrected chi connectivity index (χ4v) is 2.49. The standard InChI is InChI=1S/C10H16N2O3/c1-15-8(13)5-11-10(14)9-6-2-3-7(4-6)12-9/h6-7,9,12H,2-5H2,1H3,(H,11,14). The van der Waals surface area contributed by atoms with E-state index in [-0.39, 0.29) is 18.5 Å². The summed E-state index contributed by atoms with van der Waals surface area (Å²) in [5.41, 5.74) is 0. The van der Waals surface area contributed by atoms with Gasteiger partial charge in [0.15, 0.2) is 0 Å². The molecule has 0 aromatic carbocycles. The molecule has 2 fully saturated rings. The summed E-state index contributed by atoms with van der Waals surface area (Å²) < 4.78 is 4.45. The molecule has 0 spiro atoms. The predicted octanol–water partition coefficient (Wildman–Crippen LogP) is -0.584. The highest BCUT2D eigenvalue weighted by atomic mass is 16.5. The van der Waals surface area contributed by atoms with Crippen LogP contribution in [0.15, 0.2) is 0 Å². The van der Waals surface area contributed by atoms with Gasteiger partial charge >= 0.3 is 5.97 Å². The number of esters is 1. The van der Waals surface area contributed by atoms with Gasteiger partial charge in [0.2, 0.25) is 5.91 Å². The van der Waals surface area contributed by atoms with Crippen molar-refractivity contribution >= 4 is 11.9 Å². The van der Waals surface area contributed by atoms with Crippen LogP contribution in [0.4, 0.5) is 0 Å². The first-order chi connectivity index (χ1) is 7.20. The van der Waals surface area contributed by atoms with Crippen molar-refractivity contribution in [2.24, 2.45) is 5.92 Å². The van der Waals surface area contributed by atoms with Gasteiger partial charge < -0.3 is 15.4 Å². The maximum Gasteiger partial charge on any atom is 0.325 e. The van der Waals surface area contributed by atoms with Gasteiger partial charge in [-0.25, -0.2) is 0 Å². The fraction of sp³-hybridized carbons (Fsp3) is 0.800. The number of nitrogens with one attached hydrogen (secondary N) is 2. The zero-order valence-electron chi connectivity index (χ0n) is 8.79. The lowest BCUT2D eigenvalue weighted by molar-refractivity contribution is -0.141. The Balaban J connectivity index is 1.79. The first-order valence-electron chi connectivity index (χ1n) is 5.31. The van der Waals surface area contributed by atoms with Gasteiger partial charge in [0.05, 0.1) is 13.2 Å². The zero-order valence-corrected chi connectivity index (χ0v) is 8.79. The van der Waals surface area contributed by atoms with Crippen molar-refractivity contribution in [3.63, 3.8) is 0 Å². The molecule has 1 aliphatic carbocycles. The number of carbonyl (C=O) groups excluding carboxylic acids is 2. The minimum atomic E-state index is -0.411. The topological polar surface area (TPSA) is 67.4 Å². The Morgan fingerprint density at radius 3 is 2.80 bits per heavy atom. The number of rotatable bonds is 3. The molecule has 5 heteroatoms. The number of hydrogen-bond donors (Lipinski definition) is 2. The van der Waals surface area contributed by atoms with Crippen molar-refractivity contribution in [3.05, 3.63) is 0 Å². The van der Waals surface area contributed by atoms with Crippen LogP contribution in [0, 0.1) is 5.92 Å². The third-order valence-electron chi connectivity index (χ3n) is 3.28. The first-order valence-corrected chi connectivity index (χ1v) is 5.31. The summed E-state index contributed by atoms with van der Waals surface area (Å²) in [5, 5.41) is 5.85. The monoisotopic (exact) mass is 212 g/mol. The van der Waals surface area contributed by atoms with Crippen molar-refractivity contribution in [1.29, 1.82) is 0 Å². The minimum Gasteiger partial charge on any atom is -0.468 e. The Kier molecular flexibility index (Phi) is 2.90. The van der Waals surface area contributed by atoms with Crippen molar-refractivity contribution in [1.82, 2.24) is 10.6 Å². The van der Waals surface area contributed by atoms with Crippen molar-refractivity contribution < 1.29 is 14.3 Å². The molecule has 5 nitrogen and oxygen atoms in total. The van der Waals surface area contributed by atoms with E-state index in [2.05, 4.69) is 15.4 Å². The summed E-state index contributed by atoms with van der Waals surface area (Å²) in [6, 6.07) is 0.400. The highest BCUT2D eigenvalue weighted by Gasteiger charge is 2.42.